The molecule has 10 heteroatoms. The SMILES string of the molecule is C[C@@H]1C[C@H](n2c(Cc3cnc(C(F)(F)F)cn3)nc3c(Cl)nc4ccccc4c32)CCO1. The second-order valence-corrected chi connectivity index (χ2v) is 8.30. The molecule has 0 radical (unpaired) electrons. The van der Waals surface area contributed by atoms with Gasteiger partial charge in [0.1, 0.15) is 11.3 Å². The Morgan fingerprint density at radius 3 is 2.69 bits per heavy atom. The van der Waals surface area contributed by atoms with Crippen LogP contribution >= 0.6 is 11.6 Å². The molecule has 1 fully saturated rings. The molecule has 1 aromatic carbocycles. The summed E-state index contributed by atoms with van der Waals surface area (Å²) in [6.07, 6.45) is -0.764. The lowest BCUT2D eigenvalue weighted by atomic mass is 10.0. The van der Waals surface area contributed by atoms with E-state index in [0.717, 1.165) is 41.7 Å². The predicted molar refractivity (Wildman–Crippen MR) is 114 cm³/mol. The summed E-state index contributed by atoms with van der Waals surface area (Å²) in [6.45, 7) is 2.64. The van der Waals surface area contributed by atoms with Gasteiger partial charge in [-0.25, -0.2) is 15.0 Å². The number of para-hydroxylation sites is 1. The lowest BCUT2D eigenvalue weighted by molar-refractivity contribution is -0.141. The van der Waals surface area contributed by atoms with Gasteiger partial charge in [-0.3, -0.25) is 4.98 Å². The zero-order chi connectivity index (χ0) is 22.5. The summed E-state index contributed by atoms with van der Waals surface area (Å²) in [7, 11) is 0. The van der Waals surface area contributed by atoms with E-state index >= 15 is 0 Å². The molecule has 0 spiro atoms. The van der Waals surface area contributed by atoms with Gasteiger partial charge in [-0.1, -0.05) is 29.8 Å². The standard InChI is InChI=1S/C22H19ClF3N5O/c1-12-8-14(6-7-32-12)31-18(9-13-10-28-17(11-27-13)22(24,25)26)30-19-20(31)15-4-2-3-5-16(15)29-21(19)23/h2-5,10-12,14H,6-9H2,1H3/t12-,14-/m1/s1. The molecule has 4 heterocycles. The van der Waals surface area contributed by atoms with E-state index in [1.165, 1.54) is 0 Å². The molecule has 6 nitrogen and oxygen atoms in total. The van der Waals surface area contributed by atoms with Gasteiger partial charge in [0.25, 0.3) is 0 Å². The molecule has 0 N–H and O–H groups in total. The summed E-state index contributed by atoms with van der Waals surface area (Å²) in [5.41, 5.74) is 1.57. The van der Waals surface area contributed by atoms with Crippen molar-refractivity contribution in [2.75, 3.05) is 6.61 Å². The average molecular weight is 462 g/mol. The molecule has 4 aromatic rings. The number of aromatic nitrogens is 5. The molecule has 1 aliphatic rings. The fourth-order valence-corrected chi connectivity index (χ4v) is 4.51. The summed E-state index contributed by atoms with van der Waals surface area (Å²) in [5.74, 6) is 0.660. The van der Waals surface area contributed by atoms with Gasteiger partial charge in [-0.15, -0.1) is 0 Å². The molecule has 0 unspecified atom stereocenters. The minimum Gasteiger partial charge on any atom is -0.378 e. The van der Waals surface area contributed by atoms with Gasteiger partial charge in [0.05, 0.1) is 29.0 Å². The molecule has 2 atom stereocenters. The summed E-state index contributed by atoms with van der Waals surface area (Å²) in [5, 5.41) is 1.21. The first-order valence-corrected chi connectivity index (χ1v) is 10.6. The highest BCUT2D eigenvalue weighted by molar-refractivity contribution is 6.35. The third-order valence-corrected chi connectivity index (χ3v) is 5.98. The number of halogens is 4. The van der Waals surface area contributed by atoms with Crippen LogP contribution in [0, 0.1) is 0 Å². The Bertz CT molecular complexity index is 1290. The van der Waals surface area contributed by atoms with E-state index in [4.69, 9.17) is 21.3 Å². The van der Waals surface area contributed by atoms with Gasteiger partial charge in [-0.05, 0) is 25.8 Å². The second kappa shape index (κ2) is 7.97. The van der Waals surface area contributed by atoms with E-state index in [-0.39, 0.29) is 23.7 Å². The lowest BCUT2D eigenvalue weighted by Crippen LogP contribution is -2.26. The van der Waals surface area contributed by atoms with Crippen LogP contribution in [0.4, 0.5) is 13.2 Å². The van der Waals surface area contributed by atoms with Crippen LogP contribution in [-0.2, 0) is 17.3 Å². The number of fused-ring (bicyclic) bond motifs is 3. The summed E-state index contributed by atoms with van der Waals surface area (Å²) >= 11 is 6.50. The van der Waals surface area contributed by atoms with E-state index in [1.54, 1.807) is 0 Å². The molecular weight excluding hydrogens is 443 g/mol. The minimum absolute atomic E-state index is 0.0773. The van der Waals surface area contributed by atoms with Crippen LogP contribution in [0.1, 0.15) is 43.0 Å². The maximum absolute atomic E-state index is 12.9. The van der Waals surface area contributed by atoms with Gasteiger partial charge < -0.3 is 9.30 Å². The number of imidazole rings is 1. The quantitative estimate of drug-likeness (QED) is 0.383. The smallest absolute Gasteiger partial charge is 0.378 e. The molecule has 1 aliphatic heterocycles. The van der Waals surface area contributed by atoms with Crippen molar-refractivity contribution >= 4 is 33.5 Å². The normalized spacial score (nSPS) is 19.7. The van der Waals surface area contributed by atoms with Crippen molar-refractivity contribution in [3.8, 4) is 0 Å². The summed E-state index contributed by atoms with van der Waals surface area (Å²) < 4.78 is 46.5. The molecule has 0 saturated carbocycles. The fraction of sp³-hybridized carbons (Fsp3) is 0.364. The van der Waals surface area contributed by atoms with Crippen molar-refractivity contribution in [2.24, 2.45) is 0 Å². The summed E-state index contributed by atoms with van der Waals surface area (Å²) in [6, 6.07) is 7.80. The third kappa shape index (κ3) is 3.80. The fourth-order valence-electron chi connectivity index (χ4n) is 4.29. The number of hydrogen-bond donors (Lipinski definition) is 0. The molecule has 3 aromatic heterocycles. The van der Waals surface area contributed by atoms with E-state index in [1.807, 2.05) is 31.2 Å². The summed E-state index contributed by atoms with van der Waals surface area (Å²) in [4.78, 5) is 16.8. The number of nitrogens with zero attached hydrogens (tertiary/aromatic N) is 5. The largest absolute Gasteiger partial charge is 0.434 e. The monoisotopic (exact) mass is 461 g/mol. The van der Waals surface area contributed by atoms with E-state index in [9.17, 15) is 13.2 Å². The second-order valence-electron chi connectivity index (χ2n) is 7.94. The topological polar surface area (TPSA) is 65.7 Å². The number of rotatable bonds is 3. The first kappa shape index (κ1) is 21.1. The van der Waals surface area contributed by atoms with Gasteiger partial charge in [-0.2, -0.15) is 13.2 Å². The number of ether oxygens (including phenoxy) is 1. The Labute approximate surface area is 186 Å². The molecule has 32 heavy (non-hydrogen) atoms. The molecule has 5 rings (SSSR count). The Balaban J connectivity index is 1.67. The van der Waals surface area contributed by atoms with Crippen LogP contribution in [0.3, 0.4) is 0 Å². The number of pyridine rings is 1. The number of benzene rings is 1. The molecule has 0 bridgehead atoms. The zero-order valence-corrected chi connectivity index (χ0v) is 17.9. The highest BCUT2D eigenvalue weighted by Gasteiger charge is 2.33. The molecule has 0 amide bonds. The first-order chi connectivity index (χ1) is 15.3. The van der Waals surface area contributed by atoms with Crippen molar-refractivity contribution in [3.05, 3.63) is 59.0 Å². The average Bonchev–Trinajstić information content (AvgIpc) is 3.13. The first-order valence-electron chi connectivity index (χ1n) is 10.3. The van der Waals surface area contributed by atoms with Gasteiger partial charge >= 0.3 is 6.18 Å². The van der Waals surface area contributed by atoms with Crippen molar-refractivity contribution in [1.82, 2.24) is 24.5 Å². The zero-order valence-electron chi connectivity index (χ0n) is 17.1. The van der Waals surface area contributed by atoms with Crippen LogP contribution in [0.25, 0.3) is 21.9 Å². The Hall–Kier alpha value is -2.78. The maximum atomic E-state index is 12.9. The molecular formula is C22H19ClF3N5O. The van der Waals surface area contributed by atoms with Crippen LogP contribution in [0.5, 0.6) is 0 Å². The van der Waals surface area contributed by atoms with E-state index in [0.29, 0.717) is 23.6 Å². The molecule has 1 saturated heterocycles. The van der Waals surface area contributed by atoms with E-state index in [2.05, 4.69) is 19.5 Å². The third-order valence-electron chi connectivity index (χ3n) is 5.71. The highest BCUT2D eigenvalue weighted by atomic mass is 35.5. The molecule has 166 valence electrons. The number of alkyl halides is 3. The van der Waals surface area contributed by atoms with Crippen molar-refractivity contribution in [1.29, 1.82) is 0 Å². The number of hydrogen-bond acceptors (Lipinski definition) is 5. The van der Waals surface area contributed by atoms with Gasteiger partial charge in [0.2, 0.25) is 0 Å². The van der Waals surface area contributed by atoms with Crippen molar-refractivity contribution < 1.29 is 17.9 Å². The van der Waals surface area contributed by atoms with E-state index < -0.39 is 11.9 Å². The Morgan fingerprint density at radius 2 is 1.97 bits per heavy atom. The van der Waals surface area contributed by atoms with Gasteiger partial charge in [0.15, 0.2) is 10.8 Å². The Morgan fingerprint density at radius 1 is 1.16 bits per heavy atom. The van der Waals surface area contributed by atoms with Crippen LogP contribution in [0.15, 0.2) is 36.7 Å². The highest BCUT2D eigenvalue weighted by Crippen LogP contribution is 2.36. The van der Waals surface area contributed by atoms with Gasteiger partial charge in [0, 0.05) is 30.7 Å². The van der Waals surface area contributed by atoms with Crippen LogP contribution in [0.2, 0.25) is 5.15 Å². The van der Waals surface area contributed by atoms with Crippen LogP contribution in [-0.4, -0.2) is 37.2 Å². The maximum Gasteiger partial charge on any atom is 0.434 e. The lowest BCUT2D eigenvalue weighted by Gasteiger charge is -2.30. The predicted octanol–water partition coefficient (Wildman–Crippen LogP) is 5.38. The Kier molecular flexibility index (Phi) is 5.25. The van der Waals surface area contributed by atoms with Crippen molar-refractivity contribution in [3.63, 3.8) is 0 Å². The van der Waals surface area contributed by atoms with Crippen molar-refractivity contribution in [2.45, 2.75) is 44.5 Å². The molecule has 0 aliphatic carbocycles. The minimum atomic E-state index is -4.53. The van der Waals surface area contributed by atoms with Crippen LogP contribution < -0.4 is 0 Å².